The number of benzene rings is 4. The second-order valence-corrected chi connectivity index (χ2v) is 16.2. The molecule has 8 rings (SSSR count). The van der Waals surface area contributed by atoms with Gasteiger partial charge in [-0.25, -0.2) is 0 Å². The number of hydrogen-bond acceptors (Lipinski definition) is 7. The van der Waals surface area contributed by atoms with Crippen molar-refractivity contribution in [3.8, 4) is 0 Å². The van der Waals surface area contributed by atoms with E-state index in [1.54, 1.807) is 12.1 Å². The highest BCUT2D eigenvalue weighted by atomic mass is 32.1. The quantitative estimate of drug-likeness (QED) is 0.0755. The monoisotopic (exact) mass is 806 g/mol. The molecule has 58 heavy (non-hydrogen) atoms. The number of amides is 4. The summed E-state index contributed by atoms with van der Waals surface area (Å²) in [6, 6.07) is 38.7. The number of nitrogens with zero attached hydrogens (tertiary/aromatic N) is 1. The predicted molar refractivity (Wildman–Crippen MR) is 233 cm³/mol. The van der Waals surface area contributed by atoms with Gasteiger partial charge in [-0.05, 0) is 76.3 Å². The van der Waals surface area contributed by atoms with Crippen molar-refractivity contribution in [3.05, 3.63) is 171 Å². The van der Waals surface area contributed by atoms with Gasteiger partial charge in [0.05, 0.1) is 26.8 Å². The van der Waals surface area contributed by atoms with E-state index < -0.39 is 12.1 Å². The molecule has 0 spiro atoms. The van der Waals surface area contributed by atoms with Gasteiger partial charge in [0.1, 0.15) is 12.1 Å². The Bertz CT molecular complexity index is 2500. The van der Waals surface area contributed by atoms with Gasteiger partial charge in [-0.1, -0.05) is 84.9 Å². The van der Waals surface area contributed by atoms with E-state index in [1.807, 2.05) is 126 Å². The molecule has 1 saturated heterocycles. The number of aromatic nitrogens is 1. The van der Waals surface area contributed by atoms with Crippen molar-refractivity contribution in [2.45, 2.75) is 37.3 Å². The fraction of sp³-hybridized carbons (Fsp3) is 0.174. The molecule has 12 heteroatoms. The van der Waals surface area contributed by atoms with Gasteiger partial charge in [0, 0.05) is 48.9 Å². The lowest BCUT2D eigenvalue weighted by Gasteiger charge is -2.24. The molecule has 1 fully saturated rings. The third kappa shape index (κ3) is 9.04. The van der Waals surface area contributed by atoms with Crippen LogP contribution in [0.5, 0.6) is 0 Å². The zero-order chi connectivity index (χ0) is 39.8. The van der Waals surface area contributed by atoms with Gasteiger partial charge in [0.25, 0.3) is 11.8 Å². The fourth-order valence-electron chi connectivity index (χ4n) is 7.47. The van der Waals surface area contributed by atoms with Gasteiger partial charge >= 0.3 is 0 Å². The molecule has 3 atom stereocenters. The van der Waals surface area contributed by atoms with Gasteiger partial charge in [-0.3, -0.25) is 19.2 Å². The summed E-state index contributed by atoms with van der Waals surface area (Å²) >= 11 is 2.66. The average molecular weight is 807 g/mol. The van der Waals surface area contributed by atoms with Crippen molar-refractivity contribution in [2.75, 3.05) is 28.6 Å². The summed E-state index contributed by atoms with van der Waals surface area (Å²) in [6.45, 7) is 1.43. The van der Waals surface area contributed by atoms with Crippen LogP contribution in [0.15, 0.2) is 144 Å². The molecule has 0 saturated carbocycles. The number of carbonyl (C=O) groups excluding carboxylic acids is 4. The number of H-pyrrole nitrogens is 1. The van der Waals surface area contributed by atoms with Crippen LogP contribution in [0.1, 0.15) is 48.4 Å². The minimum atomic E-state index is -0.806. The van der Waals surface area contributed by atoms with Crippen molar-refractivity contribution in [3.63, 3.8) is 0 Å². The molecule has 5 N–H and O–H groups in total. The topological polar surface area (TPSA) is 135 Å². The van der Waals surface area contributed by atoms with E-state index in [0.717, 1.165) is 46.2 Å². The van der Waals surface area contributed by atoms with Crippen molar-refractivity contribution in [2.24, 2.45) is 0 Å². The second kappa shape index (κ2) is 17.7. The number of hydrogen-bond donors (Lipinski definition) is 5. The summed E-state index contributed by atoms with van der Waals surface area (Å²) < 4.78 is 0. The number of fused-ring (bicyclic) bond motifs is 1. The van der Waals surface area contributed by atoms with Crippen LogP contribution in [-0.2, 0) is 22.4 Å². The molecule has 7 aromatic rings. The molecule has 3 unspecified atom stereocenters. The molecular weight excluding hydrogens is 765 g/mol. The number of rotatable bonds is 14. The fourth-order valence-corrected chi connectivity index (χ4v) is 8.72. The summed E-state index contributed by atoms with van der Waals surface area (Å²) in [4.78, 5) is 61.0. The summed E-state index contributed by atoms with van der Waals surface area (Å²) in [5.41, 5.74) is 6.06. The normalized spacial score (nSPS) is 14.8. The smallest absolute Gasteiger partial charge is 0.262 e. The molecule has 4 aromatic carbocycles. The van der Waals surface area contributed by atoms with E-state index in [-0.39, 0.29) is 29.5 Å². The van der Waals surface area contributed by atoms with Crippen LogP contribution >= 0.6 is 22.7 Å². The van der Waals surface area contributed by atoms with Gasteiger partial charge < -0.3 is 31.2 Å². The number of carbonyl (C=O) groups is 4. The molecule has 3 aromatic heterocycles. The Morgan fingerprint density at radius 3 is 1.81 bits per heavy atom. The SMILES string of the molecule is O=C(NC(Cc1ccccc1)C(=O)Nc1ccccc1N1CCC(c2cc(NC(=O)C(Cc3ccccc3)NC(=O)c3cccs3)c3cc[nH]c3c2)C1)c1cccs1. The number of para-hydroxylation sites is 2. The summed E-state index contributed by atoms with van der Waals surface area (Å²) in [6.07, 6.45) is 3.38. The Hall–Kier alpha value is -6.50. The highest BCUT2D eigenvalue weighted by Gasteiger charge is 2.29. The van der Waals surface area contributed by atoms with Gasteiger partial charge in [0.2, 0.25) is 11.8 Å². The maximum Gasteiger partial charge on any atom is 0.262 e. The van der Waals surface area contributed by atoms with Crippen LogP contribution in [0.25, 0.3) is 10.9 Å². The van der Waals surface area contributed by atoms with Gasteiger partial charge in [-0.15, -0.1) is 22.7 Å². The molecule has 0 radical (unpaired) electrons. The highest BCUT2D eigenvalue weighted by Crippen LogP contribution is 2.37. The molecule has 1 aliphatic rings. The standard InChI is InChI=1S/C46H42N6O4S2/c53-43(38(25-30-11-3-1-4-12-30)50-45(55)41-17-9-23-57-41)48-35-15-7-8-16-40(35)52-22-20-32(29-52)33-27-36-34(19-21-47-36)37(28-33)49-44(54)39(26-31-13-5-2-6-14-31)51-46(56)42-18-10-24-58-42/h1-19,21,23-24,27-28,32,38-39,47H,20,22,25-26,29H2,(H,48,53)(H,49,54)(H,50,55)(H,51,56). The molecule has 4 heterocycles. The van der Waals surface area contributed by atoms with E-state index in [9.17, 15) is 19.2 Å². The van der Waals surface area contributed by atoms with Crippen LogP contribution in [0.3, 0.4) is 0 Å². The van der Waals surface area contributed by atoms with E-state index in [0.29, 0.717) is 40.5 Å². The molecule has 0 aliphatic carbocycles. The Morgan fingerprint density at radius 2 is 1.22 bits per heavy atom. The van der Waals surface area contributed by atoms with Crippen LogP contribution in [0.2, 0.25) is 0 Å². The summed E-state index contributed by atoms with van der Waals surface area (Å²) in [5.74, 6) is -1.05. The first-order valence-electron chi connectivity index (χ1n) is 19.2. The first-order valence-corrected chi connectivity index (χ1v) is 21.0. The van der Waals surface area contributed by atoms with Crippen LogP contribution in [-0.4, -0.2) is 53.8 Å². The number of anilines is 3. The molecule has 292 valence electrons. The highest BCUT2D eigenvalue weighted by molar-refractivity contribution is 7.12. The minimum absolute atomic E-state index is 0.127. The van der Waals surface area contributed by atoms with Crippen LogP contribution < -0.4 is 26.2 Å². The predicted octanol–water partition coefficient (Wildman–Crippen LogP) is 8.24. The maximum absolute atomic E-state index is 14.1. The third-order valence-electron chi connectivity index (χ3n) is 10.4. The Labute approximate surface area is 344 Å². The van der Waals surface area contributed by atoms with E-state index in [1.165, 1.54) is 22.7 Å². The molecule has 4 amide bonds. The minimum Gasteiger partial charge on any atom is -0.369 e. The maximum atomic E-state index is 14.1. The second-order valence-electron chi connectivity index (χ2n) is 14.3. The lowest BCUT2D eigenvalue weighted by molar-refractivity contribution is -0.118. The largest absolute Gasteiger partial charge is 0.369 e. The van der Waals surface area contributed by atoms with Gasteiger partial charge in [0.15, 0.2) is 0 Å². The Balaban J connectivity index is 0.994. The first kappa shape index (κ1) is 38.4. The third-order valence-corrected chi connectivity index (χ3v) is 12.1. The molecule has 1 aliphatic heterocycles. The van der Waals surface area contributed by atoms with Crippen LogP contribution in [0.4, 0.5) is 17.1 Å². The molecule has 10 nitrogen and oxygen atoms in total. The lowest BCUT2D eigenvalue weighted by Crippen LogP contribution is -2.45. The van der Waals surface area contributed by atoms with Crippen molar-refractivity contribution >= 4 is 74.3 Å². The van der Waals surface area contributed by atoms with Gasteiger partial charge in [-0.2, -0.15) is 0 Å². The van der Waals surface area contributed by atoms with Crippen molar-refractivity contribution in [1.29, 1.82) is 0 Å². The summed E-state index contributed by atoms with van der Waals surface area (Å²) in [7, 11) is 0. The summed E-state index contributed by atoms with van der Waals surface area (Å²) in [5, 5.41) is 16.8. The van der Waals surface area contributed by atoms with Crippen molar-refractivity contribution in [1.82, 2.24) is 15.6 Å². The average Bonchev–Trinajstić information content (AvgIpc) is 4.09. The van der Waals surface area contributed by atoms with E-state index in [2.05, 4.69) is 37.2 Å². The Morgan fingerprint density at radius 1 is 0.655 bits per heavy atom. The zero-order valence-electron chi connectivity index (χ0n) is 31.5. The number of aromatic amines is 1. The zero-order valence-corrected chi connectivity index (χ0v) is 33.2. The number of nitrogens with one attached hydrogen (secondary N) is 5. The van der Waals surface area contributed by atoms with Crippen LogP contribution in [0, 0.1) is 0 Å². The lowest BCUT2D eigenvalue weighted by atomic mass is 9.96. The Kier molecular flexibility index (Phi) is 11.7. The number of thiophene rings is 2. The molecular formula is C46H42N6O4S2. The molecule has 0 bridgehead atoms. The first-order chi connectivity index (χ1) is 28.4. The van der Waals surface area contributed by atoms with Crippen molar-refractivity contribution < 1.29 is 19.2 Å². The van der Waals surface area contributed by atoms with E-state index >= 15 is 0 Å². The van der Waals surface area contributed by atoms with E-state index in [4.69, 9.17) is 0 Å².